The van der Waals surface area contributed by atoms with Gasteiger partial charge in [0, 0.05) is 6.04 Å². The molecule has 2 heteroatoms. The molecule has 0 saturated carbocycles. The lowest BCUT2D eigenvalue weighted by Gasteiger charge is -2.03. The summed E-state index contributed by atoms with van der Waals surface area (Å²) in [6, 6.07) is 6.96. The van der Waals surface area contributed by atoms with Crippen molar-refractivity contribution in [3.05, 3.63) is 29.8 Å². The average Bonchev–Trinajstić information content (AvgIpc) is 2.09. The first-order valence-corrected chi connectivity index (χ1v) is 4.24. The molecule has 1 aromatic carbocycles. The Morgan fingerprint density at radius 2 is 1.58 bits per heavy atom. The van der Waals surface area contributed by atoms with Gasteiger partial charge >= 0.3 is 0 Å². The number of rotatable bonds is 1. The van der Waals surface area contributed by atoms with Crippen LogP contribution in [0.4, 0.5) is 0 Å². The van der Waals surface area contributed by atoms with Gasteiger partial charge < -0.3 is 10.8 Å². The molecule has 0 unspecified atom stereocenters. The van der Waals surface area contributed by atoms with Gasteiger partial charge in [0.05, 0.1) is 0 Å². The van der Waals surface area contributed by atoms with Crippen molar-refractivity contribution in [2.45, 2.75) is 26.8 Å². The molecule has 1 rings (SSSR count). The van der Waals surface area contributed by atoms with Crippen LogP contribution in [0.2, 0.25) is 0 Å². The Balaban J connectivity index is 0.000000561. The molecule has 1 atom stereocenters. The molecule has 1 aromatic rings. The van der Waals surface area contributed by atoms with Gasteiger partial charge in [-0.3, -0.25) is 0 Å². The fourth-order valence-electron chi connectivity index (χ4n) is 0.778. The van der Waals surface area contributed by atoms with Crippen molar-refractivity contribution in [2.24, 2.45) is 5.73 Å². The molecule has 0 amide bonds. The topological polar surface area (TPSA) is 46.2 Å². The Bertz CT molecular complexity index is 204. The number of hydrogen-bond donors (Lipinski definition) is 2. The van der Waals surface area contributed by atoms with Crippen LogP contribution in [0.1, 0.15) is 32.4 Å². The summed E-state index contributed by atoms with van der Waals surface area (Å²) in [5.74, 6) is 0.282. The molecule has 0 fully saturated rings. The van der Waals surface area contributed by atoms with Crippen molar-refractivity contribution in [1.82, 2.24) is 0 Å². The van der Waals surface area contributed by atoms with Crippen molar-refractivity contribution in [3.63, 3.8) is 0 Å². The molecule has 0 aliphatic carbocycles. The van der Waals surface area contributed by atoms with Crippen LogP contribution in [-0.4, -0.2) is 5.11 Å². The summed E-state index contributed by atoms with van der Waals surface area (Å²) in [6.07, 6.45) is 0. The molecule has 3 N–H and O–H groups in total. The maximum absolute atomic E-state index is 8.90. The van der Waals surface area contributed by atoms with E-state index in [4.69, 9.17) is 10.8 Å². The van der Waals surface area contributed by atoms with Crippen molar-refractivity contribution in [3.8, 4) is 5.75 Å². The summed E-state index contributed by atoms with van der Waals surface area (Å²) >= 11 is 0. The largest absolute Gasteiger partial charge is 0.508 e. The minimum Gasteiger partial charge on any atom is -0.508 e. The Morgan fingerprint density at radius 3 is 1.92 bits per heavy atom. The lowest BCUT2D eigenvalue weighted by Crippen LogP contribution is -2.03. The highest BCUT2D eigenvalue weighted by Crippen LogP contribution is 2.13. The highest BCUT2D eigenvalue weighted by atomic mass is 16.3. The summed E-state index contributed by atoms with van der Waals surface area (Å²) in [5, 5.41) is 8.90. The number of benzene rings is 1. The van der Waals surface area contributed by atoms with Crippen LogP contribution < -0.4 is 5.73 Å². The minimum absolute atomic E-state index is 0.0422. The maximum atomic E-state index is 8.90. The normalized spacial score (nSPS) is 11.3. The first-order valence-electron chi connectivity index (χ1n) is 4.24. The third-order valence-electron chi connectivity index (χ3n) is 1.42. The second-order valence-corrected chi connectivity index (χ2v) is 2.38. The Labute approximate surface area is 74.0 Å². The van der Waals surface area contributed by atoms with Crippen molar-refractivity contribution < 1.29 is 5.11 Å². The van der Waals surface area contributed by atoms with E-state index in [1.54, 1.807) is 12.1 Å². The Morgan fingerprint density at radius 1 is 1.17 bits per heavy atom. The maximum Gasteiger partial charge on any atom is 0.115 e. The Hall–Kier alpha value is -1.02. The van der Waals surface area contributed by atoms with Crippen molar-refractivity contribution in [2.75, 3.05) is 0 Å². The number of nitrogens with two attached hydrogens (primary N) is 1. The Kier molecular flexibility index (Phi) is 5.13. The van der Waals surface area contributed by atoms with Gasteiger partial charge in [0.15, 0.2) is 0 Å². The van der Waals surface area contributed by atoms with E-state index in [0.29, 0.717) is 0 Å². The second-order valence-electron chi connectivity index (χ2n) is 2.38. The molecule has 0 bridgehead atoms. The van der Waals surface area contributed by atoms with Gasteiger partial charge in [-0.1, -0.05) is 26.0 Å². The number of phenolic OH excluding ortho intramolecular Hbond substituents is 1. The summed E-state index contributed by atoms with van der Waals surface area (Å²) in [5.41, 5.74) is 6.62. The first-order chi connectivity index (χ1) is 5.70. The zero-order valence-electron chi connectivity index (χ0n) is 7.91. The lowest BCUT2D eigenvalue weighted by atomic mass is 10.1. The van der Waals surface area contributed by atoms with Crippen LogP contribution in [0, 0.1) is 0 Å². The van der Waals surface area contributed by atoms with Crippen LogP contribution in [0.25, 0.3) is 0 Å². The van der Waals surface area contributed by atoms with Gasteiger partial charge in [-0.15, -0.1) is 0 Å². The van der Waals surface area contributed by atoms with E-state index in [1.165, 1.54) is 0 Å². The summed E-state index contributed by atoms with van der Waals surface area (Å²) in [6.45, 7) is 5.91. The molecule has 0 saturated heterocycles. The van der Waals surface area contributed by atoms with Gasteiger partial charge in [-0.25, -0.2) is 0 Å². The highest BCUT2D eigenvalue weighted by molar-refractivity contribution is 5.27. The van der Waals surface area contributed by atoms with E-state index in [-0.39, 0.29) is 11.8 Å². The average molecular weight is 167 g/mol. The number of hydrogen-bond acceptors (Lipinski definition) is 2. The SMILES string of the molecule is CC.C[C@H](N)c1ccc(O)cc1. The molecule has 0 aliphatic rings. The van der Waals surface area contributed by atoms with E-state index >= 15 is 0 Å². The molecular weight excluding hydrogens is 150 g/mol. The molecule has 2 nitrogen and oxygen atoms in total. The zero-order valence-corrected chi connectivity index (χ0v) is 7.91. The molecule has 68 valence electrons. The fraction of sp³-hybridized carbons (Fsp3) is 0.400. The van der Waals surface area contributed by atoms with E-state index in [2.05, 4.69) is 0 Å². The van der Waals surface area contributed by atoms with Crippen LogP contribution in [0.3, 0.4) is 0 Å². The van der Waals surface area contributed by atoms with Crippen molar-refractivity contribution in [1.29, 1.82) is 0 Å². The monoisotopic (exact) mass is 167 g/mol. The molecule has 0 heterocycles. The van der Waals surface area contributed by atoms with Crippen LogP contribution in [0.5, 0.6) is 5.75 Å². The van der Waals surface area contributed by atoms with E-state index in [1.807, 2.05) is 32.9 Å². The smallest absolute Gasteiger partial charge is 0.115 e. The molecule has 12 heavy (non-hydrogen) atoms. The van der Waals surface area contributed by atoms with Gasteiger partial charge in [0.1, 0.15) is 5.75 Å². The van der Waals surface area contributed by atoms with E-state index in [9.17, 15) is 0 Å². The van der Waals surface area contributed by atoms with E-state index in [0.717, 1.165) is 5.56 Å². The molecule has 0 spiro atoms. The van der Waals surface area contributed by atoms with Crippen molar-refractivity contribution >= 4 is 0 Å². The number of aromatic hydroxyl groups is 1. The summed E-state index contributed by atoms with van der Waals surface area (Å²) < 4.78 is 0. The standard InChI is InChI=1S/C8H11NO.C2H6/c1-6(9)7-2-4-8(10)5-3-7;1-2/h2-6,10H,9H2,1H3;1-2H3/t6-;/m0./s1. The summed E-state index contributed by atoms with van der Waals surface area (Å²) in [4.78, 5) is 0. The molecule has 0 aromatic heterocycles. The quantitative estimate of drug-likeness (QED) is 0.674. The zero-order chi connectivity index (χ0) is 9.56. The van der Waals surface area contributed by atoms with E-state index < -0.39 is 0 Å². The lowest BCUT2D eigenvalue weighted by molar-refractivity contribution is 0.475. The summed E-state index contributed by atoms with van der Waals surface area (Å²) in [7, 11) is 0. The minimum atomic E-state index is 0.0422. The second kappa shape index (κ2) is 5.61. The van der Waals surface area contributed by atoms with Crippen LogP contribution >= 0.6 is 0 Å². The number of phenols is 1. The van der Waals surface area contributed by atoms with Crippen LogP contribution in [0.15, 0.2) is 24.3 Å². The molecule has 0 aliphatic heterocycles. The van der Waals surface area contributed by atoms with Gasteiger partial charge in [0.2, 0.25) is 0 Å². The fourth-order valence-corrected chi connectivity index (χ4v) is 0.778. The van der Waals surface area contributed by atoms with Gasteiger partial charge in [-0.05, 0) is 24.6 Å². The predicted octanol–water partition coefficient (Wildman–Crippen LogP) is 2.44. The first kappa shape index (κ1) is 11.0. The van der Waals surface area contributed by atoms with Crippen LogP contribution in [-0.2, 0) is 0 Å². The molecular formula is C10H17NO. The van der Waals surface area contributed by atoms with Gasteiger partial charge in [-0.2, -0.15) is 0 Å². The van der Waals surface area contributed by atoms with Gasteiger partial charge in [0.25, 0.3) is 0 Å². The highest BCUT2D eigenvalue weighted by Gasteiger charge is 1.96. The molecule has 0 radical (unpaired) electrons. The third-order valence-corrected chi connectivity index (χ3v) is 1.42. The predicted molar refractivity (Wildman–Crippen MR) is 52.1 cm³/mol. The third kappa shape index (κ3) is 3.39.